The molecule has 0 aromatic rings. The fraction of sp³-hybridized carbons (Fsp3) is 0.846. The van der Waals surface area contributed by atoms with E-state index < -0.39 is 0 Å². The van der Waals surface area contributed by atoms with E-state index in [9.17, 15) is 4.79 Å². The molecule has 1 saturated carbocycles. The van der Waals surface area contributed by atoms with Gasteiger partial charge in [0.1, 0.15) is 0 Å². The van der Waals surface area contributed by atoms with Gasteiger partial charge in [-0.1, -0.05) is 26.7 Å². The van der Waals surface area contributed by atoms with Gasteiger partial charge in [-0.3, -0.25) is 15.2 Å². The molecular formula is C13H27N5O. The molecule has 0 saturated heterocycles. The molecule has 1 amide bonds. The Labute approximate surface area is 115 Å². The quantitative estimate of drug-likeness (QED) is 0.244. The van der Waals surface area contributed by atoms with Crippen LogP contribution in [0, 0.1) is 5.92 Å². The number of guanidine groups is 1. The van der Waals surface area contributed by atoms with Crippen LogP contribution in [-0.4, -0.2) is 31.0 Å². The Bertz CT molecular complexity index is 297. The Balaban J connectivity index is 2.22. The Hall–Kier alpha value is -1.30. The highest BCUT2D eigenvalue weighted by Crippen LogP contribution is 2.17. The Morgan fingerprint density at radius 1 is 1.37 bits per heavy atom. The van der Waals surface area contributed by atoms with E-state index in [2.05, 4.69) is 34.9 Å². The van der Waals surface area contributed by atoms with Gasteiger partial charge < -0.3 is 10.6 Å². The normalized spacial score (nSPS) is 16.7. The molecule has 0 radical (unpaired) electrons. The minimum Gasteiger partial charge on any atom is -0.356 e. The number of nitrogens with zero attached hydrogens (tertiary/aromatic N) is 1. The van der Waals surface area contributed by atoms with Crippen molar-refractivity contribution >= 4 is 11.9 Å². The number of amides is 1. The van der Waals surface area contributed by atoms with Gasteiger partial charge in [0.25, 0.3) is 0 Å². The van der Waals surface area contributed by atoms with Gasteiger partial charge in [-0.2, -0.15) is 0 Å². The largest absolute Gasteiger partial charge is 0.356 e. The summed E-state index contributed by atoms with van der Waals surface area (Å²) in [4.78, 5) is 15.8. The van der Waals surface area contributed by atoms with E-state index in [1.54, 1.807) is 0 Å². The monoisotopic (exact) mass is 269 g/mol. The number of aliphatic imine (C=N–C) groups is 1. The summed E-state index contributed by atoms with van der Waals surface area (Å²) in [6.07, 6.45) is 5.23. The predicted octanol–water partition coefficient (Wildman–Crippen LogP) is 0.500. The molecule has 0 aromatic carbocycles. The van der Waals surface area contributed by atoms with Crippen LogP contribution >= 0.6 is 0 Å². The van der Waals surface area contributed by atoms with Crippen molar-refractivity contribution < 1.29 is 4.79 Å². The van der Waals surface area contributed by atoms with Crippen molar-refractivity contribution in [1.29, 1.82) is 0 Å². The van der Waals surface area contributed by atoms with E-state index >= 15 is 0 Å². The lowest BCUT2D eigenvalue weighted by Gasteiger charge is -2.15. The van der Waals surface area contributed by atoms with Crippen LogP contribution in [0.3, 0.4) is 0 Å². The zero-order valence-corrected chi connectivity index (χ0v) is 12.0. The van der Waals surface area contributed by atoms with Gasteiger partial charge in [0.05, 0.1) is 6.54 Å². The Morgan fingerprint density at radius 2 is 2.05 bits per heavy atom. The molecular weight excluding hydrogens is 242 g/mol. The molecule has 1 rings (SSSR count). The predicted molar refractivity (Wildman–Crippen MR) is 77.5 cm³/mol. The second-order valence-corrected chi connectivity index (χ2v) is 5.45. The SMILES string of the molecule is CC(C)CNC(=O)CCN=C(NN)NC1CCCC1. The molecule has 0 aliphatic heterocycles. The first kappa shape index (κ1) is 15.8. The van der Waals surface area contributed by atoms with Gasteiger partial charge in [-0.25, -0.2) is 5.84 Å². The van der Waals surface area contributed by atoms with Crippen LogP contribution in [0.25, 0.3) is 0 Å². The maximum absolute atomic E-state index is 11.5. The number of hydrogen-bond donors (Lipinski definition) is 4. The van der Waals surface area contributed by atoms with Crippen molar-refractivity contribution in [2.75, 3.05) is 13.1 Å². The molecule has 1 aliphatic rings. The standard InChI is InChI=1S/C13H27N5O/c1-10(2)9-16-12(19)7-8-15-13(18-14)17-11-5-3-4-6-11/h10-11H,3-9,14H2,1-2H3,(H,16,19)(H2,15,17,18). The molecule has 110 valence electrons. The summed E-state index contributed by atoms with van der Waals surface area (Å²) >= 11 is 0. The zero-order valence-electron chi connectivity index (χ0n) is 12.0. The molecule has 0 unspecified atom stereocenters. The van der Waals surface area contributed by atoms with Crippen molar-refractivity contribution in [2.45, 2.75) is 52.0 Å². The molecule has 0 spiro atoms. The minimum absolute atomic E-state index is 0.0367. The third kappa shape index (κ3) is 7.00. The van der Waals surface area contributed by atoms with Crippen molar-refractivity contribution in [3.63, 3.8) is 0 Å². The third-order valence-electron chi connectivity index (χ3n) is 3.15. The number of hydrogen-bond acceptors (Lipinski definition) is 3. The van der Waals surface area contributed by atoms with E-state index in [1.807, 2.05) is 0 Å². The average Bonchev–Trinajstić information content (AvgIpc) is 2.88. The zero-order chi connectivity index (χ0) is 14.1. The number of hydrazine groups is 1. The van der Waals surface area contributed by atoms with Gasteiger partial charge in [0.15, 0.2) is 0 Å². The van der Waals surface area contributed by atoms with E-state index in [1.165, 1.54) is 12.8 Å². The Morgan fingerprint density at radius 3 is 2.63 bits per heavy atom. The van der Waals surface area contributed by atoms with Crippen molar-refractivity contribution in [3.05, 3.63) is 0 Å². The minimum atomic E-state index is 0.0367. The number of rotatable bonds is 6. The number of carbonyl (C=O) groups excluding carboxylic acids is 1. The van der Waals surface area contributed by atoms with Crippen LogP contribution in [-0.2, 0) is 4.79 Å². The summed E-state index contributed by atoms with van der Waals surface area (Å²) in [7, 11) is 0. The van der Waals surface area contributed by atoms with Gasteiger partial charge in [-0.15, -0.1) is 0 Å². The highest BCUT2D eigenvalue weighted by molar-refractivity contribution is 5.80. The summed E-state index contributed by atoms with van der Waals surface area (Å²) in [5.74, 6) is 6.52. The first-order valence-electron chi connectivity index (χ1n) is 7.16. The molecule has 0 bridgehead atoms. The van der Waals surface area contributed by atoms with Crippen molar-refractivity contribution in [1.82, 2.24) is 16.1 Å². The fourth-order valence-corrected chi connectivity index (χ4v) is 2.07. The second-order valence-electron chi connectivity index (χ2n) is 5.45. The summed E-state index contributed by atoms with van der Waals surface area (Å²) in [5.41, 5.74) is 2.56. The average molecular weight is 269 g/mol. The maximum Gasteiger partial charge on any atom is 0.221 e. The highest BCUT2D eigenvalue weighted by Gasteiger charge is 2.15. The first-order valence-corrected chi connectivity index (χ1v) is 7.16. The summed E-state index contributed by atoms with van der Waals surface area (Å²) in [5, 5.41) is 6.14. The fourth-order valence-electron chi connectivity index (χ4n) is 2.07. The van der Waals surface area contributed by atoms with Gasteiger partial charge in [0.2, 0.25) is 11.9 Å². The second kappa shape index (κ2) is 8.74. The highest BCUT2D eigenvalue weighted by atomic mass is 16.1. The van der Waals surface area contributed by atoms with Crippen LogP contribution in [0.15, 0.2) is 4.99 Å². The molecule has 6 nitrogen and oxygen atoms in total. The summed E-state index contributed by atoms with van der Waals surface area (Å²) in [6.45, 7) is 5.30. The van der Waals surface area contributed by atoms with E-state index in [0.717, 1.165) is 12.8 Å². The van der Waals surface area contributed by atoms with Crippen molar-refractivity contribution in [3.8, 4) is 0 Å². The van der Waals surface area contributed by atoms with E-state index in [4.69, 9.17) is 5.84 Å². The van der Waals surface area contributed by atoms with Crippen molar-refractivity contribution in [2.24, 2.45) is 16.8 Å². The smallest absolute Gasteiger partial charge is 0.221 e. The van der Waals surface area contributed by atoms with Crippen LogP contribution in [0.1, 0.15) is 46.0 Å². The molecule has 0 aromatic heterocycles. The van der Waals surface area contributed by atoms with Gasteiger partial charge in [-0.05, 0) is 18.8 Å². The first-order chi connectivity index (χ1) is 9.11. The molecule has 0 atom stereocenters. The topological polar surface area (TPSA) is 91.5 Å². The van der Waals surface area contributed by atoms with Crippen LogP contribution in [0.4, 0.5) is 0 Å². The van der Waals surface area contributed by atoms with Crippen LogP contribution in [0.5, 0.6) is 0 Å². The molecule has 6 heteroatoms. The lowest BCUT2D eigenvalue weighted by atomic mass is 10.2. The van der Waals surface area contributed by atoms with E-state index in [0.29, 0.717) is 37.4 Å². The summed E-state index contributed by atoms with van der Waals surface area (Å²) < 4.78 is 0. The third-order valence-corrected chi connectivity index (χ3v) is 3.15. The van der Waals surface area contributed by atoms with Crippen LogP contribution in [0.2, 0.25) is 0 Å². The molecule has 1 fully saturated rings. The lowest BCUT2D eigenvalue weighted by Crippen LogP contribution is -2.45. The number of nitrogens with one attached hydrogen (secondary N) is 3. The summed E-state index contributed by atoms with van der Waals surface area (Å²) in [6, 6.07) is 0.463. The van der Waals surface area contributed by atoms with Gasteiger partial charge >= 0.3 is 0 Å². The maximum atomic E-state index is 11.5. The number of nitrogens with two attached hydrogens (primary N) is 1. The molecule has 0 heterocycles. The van der Waals surface area contributed by atoms with Crippen LogP contribution < -0.4 is 21.9 Å². The molecule has 19 heavy (non-hydrogen) atoms. The van der Waals surface area contributed by atoms with E-state index in [-0.39, 0.29) is 5.91 Å². The number of carbonyl (C=O) groups is 1. The van der Waals surface area contributed by atoms with Gasteiger partial charge in [0, 0.05) is 19.0 Å². The lowest BCUT2D eigenvalue weighted by molar-refractivity contribution is -0.121. The molecule has 1 aliphatic carbocycles. The Kier molecular flexibility index (Phi) is 7.25. The molecule has 5 N–H and O–H groups in total.